The van der Waals surface area contributed by atoms with Crippen molar-refractivity contribution in [3.8, 4) is 5.75 Å². The van der Waals surface area contributed by atoms with Gasteiger partial charge in [-0.05, 0) is 36.5 Å². The minimum absolute atomic E-state index is 0.0611. The largest absolute Gasteiger partial charge is 0.573 e. The summed E-state index contributed by atoms with van der Waals surface area (Å²) >= 11 is 0. The summed E-state index contributed by atoms with van der Waals surface area (Å²) in [4.78, 5) is 26.3. The quantitative estimate of drug-likeness (QED) is 0.786. The maximum Gasteiger partial charge on any atom is 0.573 e. The normalized spacial score (nSPS) is 21.3. The molecule has 3 rings (SSSR count). The molecule has 1 aliphatic carbocycles. The highest BCUT2D eigenvalue weighted by Crippen LogP contribution is 2.28. The van der Waals surface area contributed by atoms with Gasteiger partial charge in [-0.2, -0.15) is 0 Å². The second-order valence-electron chi connectivity index (χ2n) is 6.88. The standard InChI is InChI=1S/C18H22F3N3O3/c19-18(20,21)27-14-6-4-13(5-7-14)16-17(26)22-8-9-24(16)11-15(25)23-10-12-2-1-3-12/h4-7,12,16H,1-3,8-11H2,(H,22,26)(H,23,25)/t16-/m0/s1. The minimum atomic E-state index is -4.77. The van der Waals surface area contributed by atoms with Gasteiger partial charge in [-0.25, -0.2) is 0 Å². The van der Waals surface area contributed by atoms with Crippen molar-refractivity contribution in [3.05, 3.63) is 29.8 Å². The van der Waals surface area contributed by atoms with Gasteiger partial charge in [0.25, 0.3) is 0 Å². The van der Waals surface area contributed by atoms with Crippen LogP contribution in [0.25, 0.3) is 0 Å². The van der Waals surface area contributed by atoms with Gasteiger partial charge < -0.3 is 15.4 Å². The number of halogens is 3. The van der Waals surface area contributed by atoms with Gasteiger partial charge in [0.2, 0.25) is 11.8 Å². The number of carbonyl (C=O) groups is 2. The molecule has 27 heavy (non-hydrogen) atoms. The Morgan fingerprint density at radius 2 is 1.96 bits per heavy atom. The van der Waals surface area contributed by atoms with E-state index in [9.17, 15) is 22.8 Å². The van der Waals surface area contributed by atoms with Gasteiger partial charge in [-0.15, -0.1) is 13.2 Å². The molecule has 2 N–H and O–H groups in total. The fourth-order valence-electron chi connectivity index (χ4n) is 3.29. The van der Waals surface area contributed by atoms with Gasteiger partial charge in [-0.3, -0.25) is 14.5 Å². The second-order valence-corrected chi connectivity index (χ2v) is 6.88. The van der Waals surface area contributed by atoms with Crippen LogP contribution in [-0.4, -0.2) is 49.3 Å². The van der Waals surface area contributed by atoms with E-state index in [1.807, 2.05) is 0 Å². The zero-order chi connectivity index (χ0) is 19.4. The van der Waals surface area contributed by atoms with Crippen molar-refractivity contribution in [1.29, 1.82) is 0 Å². The number of amides is 2. The molecular formula is C18H22F3N3O3. The SMILES string of the molecule is O=C(CN1CCNC(=O)[C@@H]1c1ccc(OC(F)(F)F)cc1)NCC1CCC1. The van der Waals surface area contributed by atoms with Crippen LogP contribution < -0.4 is 15.4 Å². The molecule has 2 aliphatic rings. The highest BCUT2D eigenvalue weighted by molar-refractivity contribution is 5.85. The second kappa shape index (κ2) is 8.16. The summed E-state index contributed by atoms with van der Waals surface area (Å²) in [7, 11) is 0. The molecule has 1 aromatic rings. The van der Waals surface area contributed by atoms with Gasteiger partial charge >= 0.3 is 6.36 Å². The topological polar surface area (TPSA) is 70.7 Å². The minimum Gasteiger partial charge on any atom is -0.406 e. The van der Waals surface area contributed by atoms with Crippen molar-refractivity contribution in [1.82, 2.24) is 15.5 Å². The summed E-state index contributed by atoms with van der Waals surface area (Å²) in [5.41, 5.74) is 0.508. The van der Waals surface area contributed by atoms with Crippen LogP contribution in [-0.2, 0) is 9.59 Å². The van der Waals surface area contributed by atoms with E-state index in [2.05, 4.69) is 15.4 Å². The van der Waals surface area contributed by atoms with Gasteiger partial charge in [0.05, 0.1) is 6.54 Å². The van der Waals surface area contributed by atoms with Crippen molar-refractivity contribution in [2.45, 2.75) is 31.7 Å². The average molecular weight is 385 g/mol. The van der Waals surface area contributed by atoms with Crippen LogP contribution >= 0.6 is 0 Å². The average Bonchev–Trinajstić information content (AvgIpc) is 2.53. The summed E-state index contributed by atoms with van der Waals surface area (Å²) < 4.78 is 40.7. The first-order valence-electron chi connectivity index (χ1n) is 8.96. The lowest BCUT2D eigenvalue weighted by Gasteiger charge is -2.35. The Labute approximate surface area is 155 Å². The third-order valence-corrected chi connectivity index (χ3v) is 4.90. The fourth-order valence-corrected chi connectivity index (χ4v) is 3.29. The Bertz CT molecular complexity index is 675. The molecule has 1 saturated heterocycles. The zero-order valence-electron chi connectivity index (χ0n) is 14.7. The molecule has 0 radical (unpaired) electrons. The van der Waals surface area contributed by atoms with Gasteiger partial charge in [-0.1, -0.05) is 18.6 Å². The number of benzene rings is 1. The molecule has 1 aromatic carbocycles. The van der Waals surface area contributed by atoms with Crippen LogP contribution in [0.15, 0.2) is 24.3 Å². The van der Waals surface area contributed by atoms with Crippen molar-refractivity contribution >= 4 is 11.8 Å². The predicted octanol–water partition coefficient (Wildman–Crippen LogP) is 1.97. The Morgan fingerprint density at radius 3 is 2.56 bits per heavy atom. The molecule has 1 atom stereocenters. The first-order chi connectivity index (χ1) is 12.8. The van der Waals surface area contributed by atoms with E-state index in [4.69, 9.17) is 0 Å². The predicted molar refractivity (Wildman–Crippen MR) is 90.8 cm³/mol. The molecule has 0 aromatic heterocycles. The van der Waals surface area contributed by atoms with E-state index in [0.717, 1.165) is 12.8 Å². The van der Waals surface area contributed by atoms with Gasteiger partial charge in [0.1, 0.15) is 11.8 Å². The zero-order valence-corrected chi connectivity index (χ0v) is 14.7. The Hall–Kier alpha value is -2.29. The molecule has 148 valence electrons. The number of hydrogen-bond donors (Lipinski definition) is 2. The third-order valence-electron chi connectivity index (χ3n) is 4.90. The molecule has 0 bridgehead atoms. The summed E-state index contributed by atoms with van der Waals surface area (Å²) in [6.07, 6.45) is -1.32. The van der Waals surface area contributed by atoms with Gasteiger partial charge in [0.15, 0.2) is 0 Å². The van der Waals surface area contributed by atoms with Crippen LogP contribution in [0.3, 0.4) is 0 Å². The summed E-state index contributed by atoms with van der Waals surface area (Å²) in [6, 6.07) is 4.43. The number of nitrogens with one attached hydrogen (secondary N) is 2. The van der Waals surface area contributed by atoms with Crippen LogP contribution in [0.5, 0.6) is 5.75 Å². The Kier molecular flexibility index (Phi) is 5.88. The lowest BCUT2D eigenvalue weighted by atomic mass is 9.85. The van der Waals surface area contributed by atoms with Crippen molar-refractivity contribution in [2.24, 2.45) is 5.92 Å². The highest BCUT2D eigenvalue weighted by atomic mass is 19.4. The monoisotopic (exact) mass is 385 g/mol. The molecule has 2 amide bonds. The van der Waals surface area contributed by atoms with E-state index in [-0.39, 0.29) is 24.1 Å². The van der Waals surface area contributed by atoms with Crippen LogP contribution in [0, 0.1) is 5.92 Å². The third kappa shape index (κ3) is 5.35. The molecule has 1 heterocycles. The molecule has 9 heteroatoms. The smallest absolute Gasteiger partial charge is 0.406 e. The molecule has 2 fully saturated rings. The van der Waals surface area contributed by atoms with E-state index in [1.54, 1.807) is 4.90 Å². The molecular weight excluding hydrogens is 363 g/mol. The number of carbonyl (C=O) groups excluding carboxylic acids is 2. The molecule has 6 nitrogen and oxygen atoms in total. The Balaban J connectivity index is 1.64. The number of piperazine rings is 1. The maximum atomic E-state index is 12.3. The molecule has 0 spiro atoms. The summed E-state index contributed by atoms with van der Waals surface area (Å²) in [5, 5.41) is 5.63. The number of alkyl halides is 3. The first-order valence-corrected chi connectivity index (χ1v) is 8.96. The lowest BCUT2D eigenvalue weighted by molar-refractivity contribution is -0.274. The Morgan fingerprint density at radius 1 is 1.26 bits per heavy atom. The van der Waals surface area contributed by atoms with E-state index in [0.29, 0.717) is 31.1 Å². The van der Waals surface area contributed by atoms with E-state index >= 15 is 0 Å². The molecule has 1 saturated carbocycles. The number of hydrogen-bond acceptors (Lipinski definition) is 4. The van der Waals surface area contributed by atoms with Crippen molar-refractivity contribution < 1.29 is 27.5 Å². The van der Waals surface area contributed by atoms with Crippen molar-refractivity contribution in [3.63, 3.8) is 0 Å². The van der Waals surface area contributed by atoms with E-state index < -0.39 is 12.4 Å². The highest BCUT2D eigenvalue weighted by Gasteiger charge is 2.34. The molecule has 1 aliphatic heterocycles. The lowest BCUT2D eigenvalue weighted by Crippen LogP contribution is -2.52. The van der Waals surface area contributed by atoms with Crippen LogP contribution in [0.4, 0.5) is 13.2 Å². The van der Waals surface area contributed by atoms with Crippen molar-refractivity contribution in [2.75, 3.05) is 26.2 Å². The molecule has 0 unspecified atom stereocenters. The van der Waals surface area contributed by atoms with Gasteiger partial charge in [0, 0.05) is 19.6 Å². The number of nitrogens with zero attached hydrogens (tertiary/aromatic N) is 1. The summed E-state index contributed by atoms with van der Waals surface area (Å²) in [6.45, 7) is 1.60. The number of ether oxygens (including phenoxy) is 1. The first kappa shape index (κ1) is 19.5. The summed E-state index contributed by atoms with van der Waals surface area (Å²) in [5.74, 6) is -0.251. The fraction of sp³-hybridized carbons (Fsp3) is 0.556. The number of rotatable bonds is 6. The van der Waals surface area contributed by atoms with Crippen LogP contribution in [0.2, 0.25) is 0 Å². The van der Waals surface area contributed by atoms with E-state index in [1.165, 1.54) is 30.7 Å². The maximum absolute atomic E-state index is 12.3. The van der Waals surface area contributed by atoms with Crippen LogP contribution in [0.1, 0.15) is 30.9 Å².